The van der Waals surface area contributed by atoms with E-state index in [0.29, 0.717) is 41.1 Å². The zero-order chi connectivity index (χ0) is 23.3. The third-order valence-corrected chi connectivity index (χ3v) is 5.99. The van der Waals surface area contributed by atoms with E-state index in [9.17, 15) is 14.3 Å². The lowest BCUT2D eigenvalue weighted by Gasteiger charge is -2.25. The van der Waals surface area contributed by atoms with Crippen molar-refractivity contribution >= 4 is 34.1 Å². The third kappa shape index (κ3) is 3.44. The lowest BCUT2D eigenvalue weighted by atomic mass is 9.97. The molecule has 0 saturated carbocycles. The maximum absolute atomic E-state index is 15.3. The smallest absolute Gasteiger partial charge is 0.413 e. The van der Waals surface area contributed by atoms with E-state index in [1.807, 2.05) is 6.92 Å². The van der Waals surface area contributed by atoms with Gasteiger partial charge in [0.15, 0.2) is 5.82 Å². The second kappa shape index (κ2) is 8.00. The van der Waals surface area contributed by atoms with Gasteiger partial charge in [0.05, 0.1) is 24.9 Å². The molecule has 9 nitrogen and oxygen atoms in total. The monoisotopic (exact) mass is 457 g/mol. The molecule has 1 amide bonds. The molecule has 2 aromatic heterocycles. The number of hydrogen-bond donors (Lipinski definition) is 3. The van der Waals surface area contributed by atoms with E-state index in [-0.39, 0.29) is 30.3 Å². The second-order valence-electron chi connectivity index (χ2n) is 7.94. The predicted molar refractivity (Wildman–Crippen MR) is 118 cm³/mol. The summed E-state index contributed by atoms with van der Waals surface area (Å²) in [6.07, 6.45) is -0.0401. The van der Waals surface area contributed by atoms with Crippen LogP contribution >= 0.6 is 0 Å². The Labute approximate surface area is 187 Å². The average molecular weight is 457 g/mol. The molecule has 33 heavy (non-hydrogen) atoms. The Hall–Kier alpha value is -3.73. The molecular formula is C22H21F2N5O4. The number of benzene rings is 1. The van der Waals surface area contributed by atoms with Gasteiger partial charge in [-0.25, -0.2) is 23.5 Å². The minimum Gasteiger partial charge on any atom is -0.474 e. The Morgan fingerprint density at radius 3 is 2.82 bits per heavy atom. The number of nitrogens with zero attached hydrogens (tertiary/aromatic N) is 3. The van der Waals surface area contributed by atoms with Gasteiger partial charge in [-0.15, -0.1) is 0 Å². The Morgan fingerprint density at radius 2 is 2.09 bits per heavy atom. The molecule has 0 spiro atoms. The van der Waals surface area contributed by atoms with Crippen molar-refractivity contribution in [3.63, 3.8) is 0 Å². The molecule has 1 saturated heterocycles. The van der Waals surface area contributed by atoms with Gasteiger partial charge < -0.3 is 25.6 Å². The summed E-state index contributed by atoms with van der Waals surface area (Å²) in [6, 6.07) is 1.99. The van der Waals surface area contributed by atoms with Crippen LogP contribution in [0.15, 0.2) is 24.5 Å². The summed E-state index contributed by atoms with van der Waals surface area (Å²) in [7, 11) is 0. The minimum atomic E-state index is -1.48. The number of hydrogen-bond acceptors (Lipinski definition) is 7. The number of alkyl halides is 1. The quantitative estimate of drug-likeness (QED) is 0.512. The molecule has 1 fully saturated rings. The van der Waals surface area contributed by atoms with E-state index in [4.69, 9.17) is 15.2 Å². The highest BCUT2D eigenvalue weighted by molar-refractivity contribution is 5.99. The van der Waals surface area contributed by atoms with Crippen LogP contribution in [0.2, 0.25) is 0 Å². The number of anilines is 3. The average Bonchev–Trinajstić information content (AvgIpc) is 3.22. The number of pyridine rings is 2. The van der Waals surface area contributed by atoms with Gasteiger partial charge in [-0.05, 0) is 30.0 Å². The molecule has 2 aliphatic rings. The number of carbonyl (C=O) groups is 1. The largest absolute Gasteiger partial charge is 0.474 e. The van der Waals surface area contributed by atoms with Crippen LogP contribution in [0.4, 0.5) is 30.8 Å². The highest BCUT2D eigenvalue weighted by Gasteiger charge is 2.38. The molecule has 11 heteroatoms. The molecule has 4 heterocycles. The summed E-state index contributed by atoms with van der Waals surface area (Å²) < 4.78 is 40.2. The van der Waals surface area contributed by atoms with Crippen LogP contribution in [0.3, 0.4) is 0 Å². The van der Waals surface area contributed by atoms with Crippen LogP contribution in [0.5, 0.6) is 5.88 Å². The summed E-state index contributed by atoms with van der Waals surface area (Å²) in [6.45, 7) is 2.63. The maximum atomic E-state index is 15.3. The number of carboxylic acid groups (broad SMARTS) is 1. The van der Waals surface area contributed by atoms with E-state index in [2.05, 4.69) is 15.3 Å². The fraction of sp³-hybridized carbons (Fsp3) is 0.318. The summed E-state index contributed by atoms with van der Waals surface area (Å²) in [5, 5.41) is 13.7. The predicted octanol–water partition coefficient (Wildman–Crippen LogP) is 3.35. The molecule has 1 aromatic carbocycles. The summed E-state index contributed by atoms with van der Waals surface area (Å²) >= 11 is 0. The number of fused-ring (bicyclic) bond motifs is 2. The highest BCUT2D eigenvalue weighted by Crippen LogP contribution is 2.40. The number of nitrogens with two attached hydrogens (primary N) is 1. The molecule has 5 rings (SSSR count). The van der Waals surface area contributed by atoms with Gasteiger partial charge in [-0.2, -0.15) is 0 Å². The molecule has 172 valence electrons. The van der Waals surface area contributed by atoms with E-state index in [1.54, 1.807) is 6.07 Å². The lowest BCUT2D eigenvalue weighted by molar-refractivity contribution is 0.172. The lowest BCUT2D eigenvalue weighted by Crippen LogP contribution is -2.45. The van der Waals surface area contributed by atoms with Crippen LogP contribution in [0, 0.1) is 12.7 Å². The zero-order valence-electron chi connectivity index (χ0n) is 17.6. The third-order valence-electron chi connectivity index (χ3n) is 5.99. The van der Waals surface area contributed by atoms with Gasteiger partial charge in [0.2, 0.25) is 5.88 Å². The molecule has 0 unspecified atom stereocenters. The number of rotatable bonds is 3. The van der Waals surface area contributed by atoms with Crippen molar-refractivity contribution in [2.24, 2.45) is 0 Å². The number of aromatic nitrogens is 2. The molecule has 0 radical (unpaired) electrons. The first kappa shape index (κ1) is 21.1. The number of nitrogen functional groups attached to an aromatic ring is 1. The van der Waals surface area contributed by atoms with Crippen molar-refractivity contribution in [3.8, 4) is 17.0 Å². The first-order valence-electron chi connectivity index (χ1n) is 10.3. The fourth-order valence-corrected chi connectivity index (χ4v) is 4.27. The van der Waals surface area contributed by atoms with Crippen LogP contribution in [0.25, 0.3) is 21.9 Å². The molecule has 3 aromatic rings. The van der Waals surface area contributed by atoms with E-state index in [0.717, 1.165) is 10.5 Å². The van der Waals surface area contributed by atoms with Gasteiger partial charge >= 0.3 is 6.09 Å². The first-order chi connectivity index (χ1) is 15.9. The van der Waals surface area contributed by atoms with Gasteiger partial charge in [-0.3, -0.25) is 4.90 Å². The van der Waals surface area contributed by atoms with Crippen LogP contribution in [-0.2, 0) is 4.74 Å². The molecule has 2 atom stereocenters. The Morgan fingerprint density at radius 1 is 1.27 bits per heavy atom. The Balaban J connectivity index is 1.65. The summed E-state index contributed by atoms with van der Waals surface area (Å²) in [4.78, 5) is 21.2. The van der Waals surface area contributed by atoms with Crippen molar-refractivity contribution in [2.75, 3.05) is 42.3 Å². The normalized spacial score (nSPS) is 19.6. The topological polar surface area (TPSA) is 123 Å². The molecular weight excluding hydrogens is 436 g/mol. The zero-order valence-corrected chi connectivity index (χ0v) is 17.6. The Bertz CT molecular complexity index is 1270. The maximum Gasteiger partial charge on any atom is 0.413 e. The van der Waals surface area contributed by atoms with Crippen molar-refractivity contribution in [1.82, 2.24) is 9.97 Å². The molecule has 4 N–H and O–H groups in total. The number of nitrogens with one attached hydrogen (secondary N) is 1. The van der Waals surface area contributed by atoms with Crippen LogP contribution < -0.4 is 20.7 Å². The van der Waals surface area contributed by atoms with Gasteiger partial charge in [0.25, 0.3) is 0 Å². The Kier molecular flexibility index (Phi) is 5.12. The SMILES string of the molecule is Cc1c(-c2cc3cc(N(C(=O)O)[C@@H]4COC[C@H]4F)ncc3c(N)c2F)cnc2c1NCCO2. The van der Waals surface area contributed by atoms with Crippen LogP contribution in [-0.4, -0.2) is 59.7 Å². The fourth-order valence-electron chi connectivity index (χ4n) is 4.27. The first-order valence-corrected chi connectivity index (χ1v) is 10.3. The number of amides is 1. The molecule has 2 aliphatic heterocycles. The van der Waals surface area contributed by atoms with Gasteiger partial charge in [-0.1, -0.05) is 0 Å². The van der Waals surface area contributed by atoms with Crippen molar-refractivity contribution in [2.45, 2.75) is 19.1 Å². The van der Waals surface area contributed by atoms with Gasteiger partial charge in [0.1, 0.15) is 24.3 Å². The van der Waals surface area contributed by atoms with Gasteiger partial charge in [0, 0.05) is 35.5 Å². The van der Waals surface area contributed by atoms with Crippen molar-refractivity contribution in [3.05, 3.63) is 35.9 Å². The molecule has 0 aliphatic carbocycles. The van der Waals surface area contributed by atoms with Crippen LogP contribution in [0.1, 0.15) is 5.56 Å². The highest BCUT2D eigenvalue weighted by atomic mass is 19.1. The summed E-state index contributed by atoms with van der Waals surface area (Å²) in [5.74, 6) is -0.193. The molecule has 0 bridgehead atoms. The number of halogens is 2. The van der Waals surface area contributed by atoms with Crippen molar-refractivity contribution < 1.29 is 28.2 Å². The number of ether oxygens (including phenoxy) is 2. The van der Waals surface area contributed by atoms with Crippen molar-refractivity contribution in [1.29, 1.82) is 0 Å². The standard InChI is InChI=1S/C22H21F2N5O4/c1-10-13(6-28-21-20(10)26-2-3-33-21)12-4-11-5-17(27-7-14(11)19(25)18(12)24)29(22(30)31)16-9-32-8-15(16)23/h4-7,15-16,26H,2-3,8-9,25H2,1H3,(H,30,31)/t15-,16-/m1/s1. The second-order valence-corrected chi connectivity index (χ2v) is 7.94. The van der Waals surface area contributed by atoms with E-state index in [1.165, 1.54) is 18.5 Å². The van der Waals surface area contributed by atoms with E-state index < -0.39 is 24.1 Å². The minimum absolute atomic E-state index is 0.000428. The summed E-state index contributed by atoms with van der Waals surface area (Å²) in [5.41, 5.74) is 8.09. The van der Waals surface area contributed by atoms with E-state index >= 15 is 4.39 Å².